The normalized spacial score (nSPS) is 20.1. The van der Waals surface area contributed by atoms with E-state index in [2.05, 4.69) is 0 Å². The Labute approximate surface area is 211 Å². The zero-order chi connectivity index (χ0) is 25.2. The van der Waals surface area contributed by atoms with E-state index in [1.165, 1.54) is 14.2 Å². The zero-order valence-electron chi connectivity index (χ0n) is 20.2. The van der Waals surface area contributed by atoms with Crippen LogP contribution >= 0.6 is 7.60 Å². The molecule has 1 aliphatic carbocycles. The third-order valence-electron chi connectivity index (χ3n) is 6.96. The second kappa shape index (κ2) is 9.83. The smallest absolute Gasteiger partial charge is 0.311 e. The van der Waals surface area contributed by atoms with Gasteiger partial charge >= 0.3 is 7.60 Å². The van der Waals surface area contributed by atoms with Crippen LogP contribution < -0.4 is 0 Å². The highest BCUT2D eigenvalue weighted by Gasteiger charge is 2.67. The van der Waals surface area contributed by atoms with Crippen molar-refractivity contribution in [2.24, 2.45) is 0 Å². The molecular formula is C31H27O4P. The lowest BCUT2D eigenvalue weighted by Crippen LogP contribution is -2.39. The number of rotatable bonds is 7. The number of benzene rings is 4. The van der Waals surface area contributed by atoms with E-state index in [0.29, 0.717) is 11.1 Å². The Hall–Kier alpha value is -3.56. The molecule has 1 aliphatic rings. The van der Waals surface area contributed by atoms with E-state index in [1.54, 1.807) is 0 Å². The molecule has 4 aromatic carbocycles. The predicted molar refractivity (Wildman–Crippen MR) is 144 cm³/mol. The van der Waals surface area contributed by atoms with Crippen molar-refractivity contribution in [1.82, 2.24) is 0 Å². The maximum atomic E-state index is 15.0. The zero-order valence-corrected chi connectivity index (χ0v) is 21.1. The lowest BCUT2D eigenvalue weighted by Gasteiger charge is -2.40. The minimum absolute atomic E-state index is 0.278. The minimum Gasteiger partial charge on any atom is -0.311 e. The Kier molecular flexibility index (Phi) is 6.59. The minimum atomic E-state index is -4.07. The first-order chi connectivity index (χ1) is 17.6. The molecule has 0 spiro atoms. The standard InChI is InChI=1S/C31H27O4P/c1-34-36(33,35-2)31(26-21-13-6-14-22-26)29(25-19-11-5-12-20-25)27(23-15-7-3-8-16-23)28(30(31)32)24-17-9-4-10-18-24/h3-22,29H,1-2H3/t29-,31+/m0/s1. The molecule has 0 aliphatic heterocycles. The fraction of sp³-hybridized carbons (Fsp3) is 0.129. The van der Waals surface area contributed by atoms with Crippen molar-refractivity contribution in [3.05, 3.63) is 144 Å². The van der Waals surface area contributed by atoms with E-state index < -0.39 is 18.7 Å². The summed E-state index contributed by atoms with van der Waals surface area (Å²) in [5, 5.41) is -1.63. The van der Waals surface area contributed by atoms with Crippen LogP contribution in [0.4, 0.5) is 0 Å². The monoisotopic (exact) mass is 494 g/mol. The summed E-state index contributed by atoms with van der Waals surface area (Å²) in [6.07, 6.45) is 0. The number of allylic oxidation sites excluding steroid dienone is 2. The van der Waals surface area contributed by atoms with Crippen molar-refractivity contribution >= 4 is 24.5 Å². The molecule has 0 bridgehead atoms. The summed E-state index contributed by atoms with van der Waals surface area (Å²) in [5.74, 6) is -0.906. The molecule has 0 aromatic heterocycles. The van der Waals surface area contributed by atoms with Crippen LogP contribution in [0, 0.1) is 0 Å². The van der Waals surface area contributed by atoms with Crippen molar-refractivity contribution < 1.29 is 18.4 Å². The van der Waals surface area contributed by atoms with Gasteiger partial charge in [-0.15, -0.1) is 0 Å². The molecule has 0 fully saturated rings. The molecule has 180 valence electrons. The molecule has 2 atom stereocenters. The van der Waals surface area contributed by atoms with E-state index in [-0.39, 0.29) is 5.78 Å². The third-order valence-corrected chi connectivity index (χ3v) is 9.50. The summed E-state index contributed by atoms with van der Waals surface area (Å²) in [6.45, 7) is 0. The Morgan fingerprint density at radius 3 is 1.58 bits per heavy atom. The van der Waals surface area contributed by atoms with Crippen molar-refractivity contribution in [3.8, 4) is 0 Å². The van der Waals surface area contributed by atoms with Gasteiger partial charge in [-0.1, -0.05) is 121 Å². The van der Waals surface area contributed by atoms with Crippen LogP contribution in [0.15, 0.2) is 121 Å². The largest absolute Gasteiger partial charge is 0.349 e. The summed E-state index contributed by atoms with van der Waals surface area (Å²) >= 11 is 0. The van der Waals surface area contributed by atoms with E-state index in [4.69, 9.17) is 9.05 Å². The lowest BCUT2D eigenvalue weighted by molar-refractivity contribution is -0.116. The molecule has 0 saturated carbocycles. The van der Waals surface area contributed by atoms with Crippen LogP contribution in [0.3, 0.4) is 0 Å². The van der Waals surface area contributed by atoms with Gasteiger partial charge in [0.15, 0.2) is 10.9 Å². The van der Waals surface area contributed by atoms with Crippen molar-refractivity contribution in [3.63, 3.8) is 0 Å². The second-order valence-electron chi connectivity index (χ2n) is 8.69. The van der Waals surface area contributed by atoms with Crippen molar-refractivity contribution in [1.29, 1.82) is 0 Å². The van der Waals surface area contributed by atoms with Crippen molar-refractivity contribution in [2.75, 3.05) is 14.2 Å². The van der Waals surface area contributed by atoms with Gasteiger partial charge in [-0.3, -0.25) is 9.36 Å². The van der Waals surface area contributed by atoms with Gasteiger partial charge in [0.1, 0.15) is 0 Å². The first-order valence-electron chi connectivity index (χ1n) is 11.8. The van der Waals surface area contributed by atoms with Crippen LogP contribution in [0.5, 0.6) is 0 Å². The maximum Gasteiger partial charge on any atom is 0.349 e. The van der Waals surface area contributed by atoms with Gasteiger partial charge in [0.05, 0.1) is 0 Å². The van der Waals surface area contributed by atoms with Gasteiger partial charge in [0, 0.05) is 25.7 Å². The summed E-state index contributed by atoms with van der Waals surface area (Å²) in [6, 6.07) is 38.4. The van der Waals surface area contributed by atoms with E-state index in [0.717, 1.165) is 22.3 Å². The molecular weight excluding hydrogens is 467 g/mol. The summed E-state index contributed by atoms with van der Waals surface area (Å²) in [5.41, 5.74) is 4.42. The quantitative estimate of drug-likeness (QED) is 0.252. The van der Waals surface area contributed by atoms with Gasteiger partial charge in [-0.05, 0) is 27.8 Å². The lowest BCUT2D eigenvalue weighted by atomic mass is 9.77. The molecule has 0 N–H and O–H groups in total. The van der Waals surface area contributed by atoms with Gasteiger partial charge in [0.2, 0.25) is 0 Å². The molecule has 0 radical (unpaired) electrons. The molecule has 36 heavy (non-hydrogen) atoms. The van der Waals surface area contributed by atoms with Gasteiger partial charge in [-0.25, -0.2) is 0 Å². The Bertz CT molecular complexity index is 1430. The number of hydrogen-bond acceptors (Lipinski definition) is 4. The van der Waals surface area contributed by atoms with E-state index >= 15 is 0 Å². The number of Topliss-reactive ketones (excluding diaryl/α,β-unsaturated/α-hetero) is 1. The Balaban J connectivity index is 1.98. The number of hydrogen-bond donors (Lipinski definition) is 0. The van der Waals surface area contributed by atoms with Gasteiger partial charge < -0.3 is 9.05 Å². The molecule has 0 heterocycles. The fourth-order valence-electron chi connectivity index (χ4n) is 5.46. The van der Waals surface area contributed by atoms with E-state index in [1.807, 2.05) is 121 Å². The SMILES string of the molecule is COP(=O)(OC)[C@@]1(c2ccccc2)C(=O)C(c2ccccc2)=C(c2ccccc2)[C@@H]1c1ccccc1. The topological polar surface area (TPSA) is 52.6 Å². The van der Waals surface area contributed by atoms with Crippen LogP contribution in [0.1, 0.15) is 28.2 Å². The van der Waals surface area contributed by atoms with Gasteiger partial charge in [-0.2, -0.15) is 0 Å². The second-order valence-corrected chi connectivity index (χ2v) is 11.1. The number of carbonyl (C=O) groups excluding carboxylic acids is 1. The Morgan fingerprint density at radius 2 is 1.08 bits per heavy atom. The van der Waals surface area contributed by atoms with Gasteiger partial charge in [0.25, 0.3) is 0 Å². The molecule has 4 nitrogen and oxygen atoms in total. The first-order valence-corrected chi connectivity index (χ1v) is 13.3. The highest BCUT2D eigenvalue weighted by atomic mass is 31.2. The van der Waals surface area contributed by atoms with E-state index in [9.17, 15) is 9.36 Å². The van der Waals surface area contributed by atoms with Crippen LogP contribution in [-0.4, -0.2) is 20.0 Å². The molecule has 5 heteroatoms. The summed E-state index contributed by atoms with van der Waals surface area (Å²) in [4.78, 5) is 15.0. The highest BCUT2D eigenvalue weighted by molar-refractivity contribution is 7.56. The molecule has 0 amide bonds. The van der Waals surface area contributed by atoms with Crippen LogP contribution in [0.2, 0.25) is 0 Å². The summed E-state index contributed by atoms with van der Waals surface area (Å²) in [7, 11) is -1.36. The number of ketones is 1. The average Bonchev–Trinajstić information content (AvgIpc) is 3.24. The Morgan fingerprint density at radius 1 is 0.639 bits per heavy atom. The highest BCUT2D eigenvalue weighted by Crippen LogP contribution is 2.75. The van der Waals surface area contributed by atoms with Crippen molar-refractivity contribution in [2.45, 2.75) is 11.1 Å². The number of carbonyl (C=O) groups is 1. The van der Waals surface area contributed by atoms with Crippen LogP contribution in [0.25, 0.3) is 11.1 Å². The molecule has 0 unspecified atom stereocenters. The van der Waals surface area contributed by atoms with Crippen LogP contribution in [-0.2, 0) is 23.6 Å². The first kappa shape index (κ1) is 24.1. The molecule has 0 saturated heterocycles. The maximum absolute atomic E-state index is 15.0. The predicted octanol–water partition coefficient (Wildman–Crippen LogP) is 7.35. The molecule has 4 aromatic rings. The summed E-state index contributed by atoms with van der Waals surface area (Å²) < 4.78 is 26.1. The third kappa shape index (κ3) is 3.61. The fourth-order valence-corrected chi connectivity index (χ4v) is 7.61. The molecule has 5 rings (SSSR count). The average molecular weight is 495 g/mol.